The first-order valence-corrected chi connectivity index (χ1v) is 8.50. The molecule has 128 valence electrons. The Morgan fingerprint density at radius 1 is 1.39 bits per heavy atom. The summed E-state index contributed by atoms with van der Waals surface area (Å²) in [6.07, 6.45) is 2.20. The lowest BCUT2D eigenvalue weighted by Gasteiger charge is -2.35. The molecule has 1 aromatic rings. The van der Waals surface area contributed by atoms with Crippen molar-refractivity contribution in [3.8, 4) is 0 Å². The molecule has 0 spiro atoms. The molecule has 1 amide bonds. The minimum absolute atomic E-state index is 0.00328. The van der Waals surface area contributed by atoms with E-state index < -0.39 is 6.10 Å². The Morgan fingerprint density at radius 2 is 2.13 bits per heavy atom. The van der Waals surface area contributed by atoms with Gasteiger partial charge in [0.25, 0.3) is 0 Å². The van der Waals surface area contributed by atoms with Gasteiger partial charge in [0.2, 0.25) is 5.91 Å². The molecule has 23 heavy (non-hydrogen) atoms. The summed E-state index contributed by atoms with van der Waals surface area (Å²) in [6, 6.07) is 10.00. The third kappa shape index (κ3) is 5.30. The molecule has 0 radical (unpaired) electrons. The zero-order valence-corrected chi connectivity index (χ0v) is 13.7. The van der Waals surface area contributed by atoms with Crippen molar-refractivity contribution in [2.45, 2.75) is 56.7 Å². The second kappa shape index (κ2) is 9.01. The number of piperidine rings is 1. The van der Waals surface area contributed by atoms with Gasteiger partial charge < -0.3 is 20.8 Å². The zero-order chi connectivity index (χ0) is 16.7. The van der Waals surface area contributed by atoms with Gasteiger partial charge in [-0.15, -0.1) is 0 Å². The van der Waals surface area contributed by atoms with Gasteiger partial charge in [0.05, 0.1) is 6.10 Å². The minimum Gasteiger partial charge on any atom is -0.396 e. The fourth-order valence-electron chi connectivity index (χ4n) is 3.17. The second-order valence-electron chi connectivity index (χ2n) is 6.30. The Hall–Kier alpha value is -1.43. The van der Waals surface area contributed by atoms with Crippen LogP contribution in [0.4, 0.5) is 0 Å². The summed E-state index contributed by atoms with van der Waals surface area (Å²) in [5.41, 5.74) is 1.13. The topological polar surface area (TPSA) is 81.6 Å². The van der Waals surface area contributed by atoms with Crippen LogP contribution in [-0.2, 0) is 4.79 Å². The zero-order valence-electron chi connectivity index (χ0n) is 13.7. The molecule has 1 fully saturated rings. The van der Waals surface area contributed by atoms with Crippen LogP contribution in [0.5, 0.6) is 0 Å². The molecule has 0 saturated carbocycles. The van der Waals surface area contributed by atoms with E-state index in [1.165, 1.54) is 0 Å². The fraction of sp³-hybridized carbons (Fsp3) is 0.611. The normalized spacial score (nSPS) is 25.8. The molecule has 5 heteroatoms. The molecule has 0 aromatic heterocycles. The molecule has 0 bridgehead atoms. The highest BCUT2D eigenvalue weighted by Crippen LogP contribution is 2.23. The maximum atomic E-state index is 11.4. The molecule has 1 unspecified atom stereocenters. The highest BCUT2D eigenvalue weighted by molar-refractivity contribution is 5.75. The first kappa shape index (κ1) is 17.9. The largest absolute Gasteiger partial charge is 0.396 e. The number of hydrogen-bond donors (Lipinski definition) is 4. The number of aliphatic hydroxyl groups is 2. The summed E-state index contributed by atoms with van der Waals surface area (Å²) in [5, 5.41) is 26.2. The first-order valence-electron chi connectivity index (χ1n) is 8.50. The Morgan fingerprint density at radius 3 is 2.74 bits per heavy atom. The predicted octanol–water partition coefficient (Wildman–Crippen LogP) is 1.16. The summed E-state index contributed by atoms with van der Waals surface area (Å²) in [7, 11) is 0. The van der Waals surface area contributed by atoms with Gasteiger partial charge in [-0.1, -0.05) is 37.3 Å². The van der Waals surface area contributed by atoms with Gasteiger partial charge in [-0.3, -0.25) is 4.79 Å². The Balaban J connectivity index is 1.81. The highest BCUT2D eigenvalue weighted by atomic mass is 16.3. The van der Waals surface area contributed by atoms with E-state index in [-0.39, 0.29) is 30.5 Å². The van der Waals surface area contributed by atoms with Crippen molar-refractivity contribution in [1.82, 2.24) is 10.6 Å². The van der Waals surface area contributed by atoms with Gasteiger partial charge in [-0.05, 0) is 24.8 Å². The molecular formula is C18H28N2O3. The van der Waals surface area contributed by atoms with Gasteiger partial charge in [0.1, 0.15) is 0 Å². The van der Waals surface area contributed by atoms with Gasteiger partial charge in [0.15, 0.2) is 0 Å². The molecular weight excluding hydrogens is 292 g/mol. The van der Waals surface area contributed by atoms with Gasteiger partial charge >= 0.3 is 0 Å². The average Bonchev–Trinajstić information content (AvgIpc) is 2.58. The predicted molar refractivity (Wildman–Crippen MR) is 90.1 cm³/mol. The van der Waals surface area contributed by atoms with Crippen molar-refractivity contribution in [3.05, 3.63) is 35.9 Å². The number of carbonyl (C=O) groups excluding carboxylic acids is 1. The molecule has 1 aliphatic heterocycles. The maximum absolute atomic E-state index is 11.4. The van der Waals surface area contributed by atoms with Crippen molar-refractivity contribution in [2.75, 3.05) is 13.2 Å². The molecule has 1 aliphatic rings. The molecule has 4 atom stereocenters. The Kier molecular flexibility index (Phi) is 7.02. The van der Waals surface area contributed by atoms with Crippen LogP contribution >= 0.6 is 0 Å². The van der Waals surface area contributed by atoms with Crippen molar-refractivity contribution >= 4 is 5.91 Å². The molecule has 1 aromatic carbocycles. The Bertz CT molecular complexity index is 480. The van der Waals surface area contributed by atoms with Crippen LogP contribution in [0.3, 0.4) is 0 Å². The van der Waals surface area contributed by atoms with Crippen LogP contribution in [-0.4, -0.2) is 47.5 Å². The van der Waals surface area contributed by atoms with Crippen molar-refractivity contribution < 1.29 is 15.0 Å². The van der Waals surface area contributed by atoms with Crippen LogP contribution in [0, 0.1) is 0 Å². The van der Waals surface area contributed by atoms with Crippen LogP contribution in [0.1, 0.15) is 44.1 Å². The van der Waals surface area contributed by atoms with Crippen molar-refractivity contribution in [1.29, 1.82) is 0 Å². The van der Waals surface area contributed by atoms with E-state index in [0.29, 0.717) is 19.4 Å². The summed E-state index contributed by atoms with van der Waals surface area (Å²) in [4.78, 5) is 11.4. The second-order valence-corrected chi connectivity index (χ2v) is 6.30. The van der Waals surface area contributed by atoms with Gasteiger partial charge in [-0.2, -0.15) is 0 Å². The van der Waals surface area contributed by atoms with E-state index in [2.05, 4.69) is 10.6 Å². The minimum atomic E-state index is -0.471. The number of amides is 1. The van der Waals surface area contributed by atoms with E-state index >= 15 is 0 Å². The Labute approximate surface area is 138 Å². The number of aliphatic hydroxyl groups excluding tert-OH is 2. The lowest BCUT2D eigenvalue weighted by Crippen LogP contribution is -2.55. The van der Waals surface area contributed by atoms with Gasteiger partial charge in [-0.25, -0.2) is 0 Å². The van der Waals surface area contributed by atoms with E-state index in [1.54, 1.807) is 0 Å². The van der Waals surface area contributed by atoms with Crippen LogP contribution in [0.2, 0.25) is 0 Å². The quantitative estimate of drug-likeness (QED) is 0.608. The molecule has 2 rings (SSSR count). The van der Waals surface area contributed by atoms with E-state index in [9.17, 15) is 15.0 Å². The van der Waals surface area contributed by atoms with Crippen LogP contribution in [0.25, 0.3) is 0 Å². The van der Waals surface area contributed by atoms with Crippen LogP contribution < -0.4 is 10.6 Å². The number of rotatable bonds is 7. The summed E-state index contributed by atoms with van der Waals surface area (Å²) in [5.74, 6) is 0.120. The lowest BCUT2D eigenvalue weighted by atomic mass is 9.88. The summed E-state index contributed by atoms with van der Waals surface area (Å²) >= 11 is 0. The van der Waals surface area contributed by atoms with Gasteiger partial charge in [0, 0.05) is 37.6 Å². The third-order valence-electron chi connectivity index (χ3n) is 4.62. The average molecular weight is 320 g/mol. The molecule has 1 saturated heterocycles. The standard InChI is InChI=1S/C18H28N2O3/c1-2-18(23)20-15-10-17(22)16(19-11-15)9-8-14(12-21)13-6-4-3-5-7-13/h3-7,14-17,19,21-22H,2,8-12H2,1H3,(H,20,23)/t14?,15-,16-,17+/m1/s1. The monoisotopic (exact) mass is 320 g/mol. The molecule has 0 aliphatic carbocycles. The summed E-state index contributed by atoms with van der Waals surface area (Å²) < 4.78 is 0. The number of hydrogen-bond acceptors (Lipinski definition) is 4. The lowest BCUT2D eigenvalue weighted by molar-refractivity contribution is -0.121. The smallest absolute Gasteiger partial charge is 0.219 e. The summed E-state index contributed by atoms with van der Waals surface area (Å²) in [6.45, 7) is 2.62. The highest BCUT2D eigenvalue weighted by Gasteiger charge is 2.29. The van der Waals surface area contributed by atoms with E-state index in [4.69, 9.17) is 0 Å². The molecule has 1 heterocycles. The number of benzene rings is 1. The number of carbonyl (C=O) groups is 1. The van der Waals surface area contributed by atoms with Crippen LogP contribution in [0.15, 0.2) is 30.3 Å². The molecule has 5 nitrogen and oxygen atoms in total. The van der Waals surface area contributed by atoms with Crippen molar-refractivity contribution in [3.63, 3.8) is 0 Å². The van der Waals surface area contributed by atoms with E-state index in [1.807, 2.05) is 37.3 Å². The van der Waals surface area contributed by atoms with E-state index in [0.717, 1.165) is 18.4 Å². The van der Waals surface area contributed by atoms with Crippen molar-refractivity contribution in [2.24, 2.45) is 0 Å². The SMILES string of the molecule is CCC(=O)N[C@H]1CN[C@H](CCC(CO)c2ccccc2)[C@@H](O)C1. The maximum Gasteiger partial charge on any atom is 0.219 e. The fourth-order valence-corrected chi connectivity index (χ4v) is 3.17. The molecule has 4 N–H and O–H groups in total. The number of nitrogens with one attached hydrogen (secondary N) is 2. The third-order valence-corrected chi connectivity index (χ3v) is 4.62. The first-order chi connectivity index (χ1) is 11.1.